The lowest BCUT2D eigenvalue weighted by atomic mass is 10.1. The zero-order chi connectivity index (χ0) is 15.2. The summed E-state index contributed by atoms with van der Waals surface area (Å²) in [6.07, 6.45) is 4.50. The second-order valence-electron chi connectivity index (χ2n) is 4.03. The summed E-state index contributed by atoms with van der Waals surface area (Å²) in [7, 11) is 0. The van der Waals surface area contributed by atoms with E-state index in [1.807, 2.05) is 6.07 Å². The molecule has 0 fully saturated rings. The van der Waals surface area contributed by atoms with Crippen molar-refractivity contribution in [1.82, 2.24) is 4.98 Å². The smallest absolute Gasteiger partial charge is 0.266 e. The molecule has 2 rings (SSSR count). The molecule has 0 unspecified atom stereocenters. The number of aromatic nitrogens is 1. The molecule has 0 radical (unpaired) electrons. The van der Waals surface area contributed by atoms with Crippen LogP contribution in [0.25, 0.3) is 6.08 Å². The zero-order valence-corrected chi connectivity index (χ0v) is 12.2. The molecule has 1 N–H and O–H groups in total. The molecule has 104 valence electrons. The Bertz CT molecular complexity index is 736. The van der Waals surface area contributed by atoms with Gasteiger partial charge in [0.05, 0.1) is 0 Å². The van der Waals surface area contributed by atoms with Crippen LogP contribution in [0.3, 0.4) is 0 Å². The molecule has 2 aromatic rings. The predicted octanol–water partition coefficient (Wildman–Crippen LogP) is 3.93. The van der Waals surface area contributed by atoms with Crippen LogP contribution in [-0.4, -0.2) is 10.9 Å². The van der Waals surface area contributed by atoms with Gasteiger partial charge in [-0.05, 0) is 35.9 Å². The van der Waals surface area contributed by atoms with Crippen molar-refractivity contribution in [2.24, 2.45) is 0 Å². The second kappa shape index (κ2) is 6.89. The van der Waals surface area contributed by atoms with E-state index in [0.29, 0.717) is 21.3 Å². The van der Waals surface area contributed by atoms with Crippen LogP contribution in [0.4, 0.5) is 5.69 Å². The topological polar surface area (TPSA) is 65.8 Å². The molecule has 21 heavy (non-hydrogen) atoms. The van der Waals surface area contributed by atoms with Crippen molar-refractivity contribution in [3.63, 3.8) is 0 Å². The highest BCUT2D eigenvalue weighted by Gasteiger charge is 2.10. The molecule has 1 aromatic heterocycles. The van der Waals surface area contributed by atoms with E-state index in [0.717, 1.165) is 0 Å². The van der Waals surface area contributed by atoms with E-state index in [4.69, 9.17) is 28.5 Å². The Hall–Kier alpha value is -2.35. The molecule has 1 amide bonds. The van der Waals surface area contributed by atoms with E-state index in [1.54, 1.807) is 42.7 Å². The number of nitriles is 1. The Labute approximate surface area is 131 Å². The molecule has 0 atom stereocenters. The minimum Gasteiger partial charge on any atom is -0.321 e. The largest absolute Gasteiger partial charge is 0.321 e. The number of hydrogen-bond donors (Lipinski definition) is 1. The van der Waals surface area contributed by atoms with Gasteiger partial charge in [-0.25, -0.2) is 0 Å². The molecular formula is C15H9Cl2N3O. The quantitative estimate of drug-likeness (QED) is 0.689. The van der Waals surface area contributed by atoms with E-state index in [-0.39, 0.29) is 5.57 Å². The number of nitrogens with zero attached hydrogens (tertiary/aromatic N) is 2. The van der Waals surface area contributed by atoms with E-state index >= 15 is 0 Å². The standard InChI is InChI=1S/C15H9Cl2N3O/c16-12-2-1-10(14(17)8-12)7-11(9-18)15(21)20-13-3-5-19-6-4-13/h1-8H,(H,19,20,21)/b11-7+. The van der Waals surface area contributed by atoms with Gasteiger partial charge in [0.2, 0.25) is 0 Å². The summed E-state index contributed by atoms with van der Waals surface area (Å²) in [6, 6.07) is 9.93. The molecular weight excluding hydrogens is 309 g/mol. The fraction of sp³-hybridized carbons (Fsp3) is 0. The van der Waals surface area contributed by atoms with Crippen molar-refractivity contribution in [2.45, 2.75) is 0 Å². The van der Waals surface area contributed by atoms with Gasteiger partial charge in [-0.1, -0.05) is 29.3 Å². The third kappa shape index (κ3) is 4.06. The van der Waals surface area contributed by atoms with Crippen molar-refractivity contribution >= 4 is 40.9 Å². The monoisotopic (exact) mass is 317 g/mol. The molecule has 0 bridgehead atoms. The summed E-state index contributed by atoms with van der Waals surface area (Å²) < 4.78 is 0. The summed E-state index contributed by atoms with van der Waals surface area (Å²) >= 11 is 11.8. The predicted molar refractivity (Wildman–Crippen MR) is 82.9 cm³/mol. The zero-order valence-electron chi connectivity index (χ0n) is 10.7. The van der Waals surface area contributed by atoms with E-state index in [1.165, 1.54) is 6.08 Å². The van der Waals surface area contributed by atoms with Gasteiger partial charge in [0.25, 0.3) is 5.91 Å². The fourth-order valence-corrected chi connectivity index (χ4v) is 2.02. The number of hydrogen-bond acceptors (Lipinski definition) is 3. The second-order valence-corrected chi connectivity index (χ2v) is 4.87. The summed E-state index contributed by atoms with van der Waals surface area (Å²) in [5.74, 6) is -0.519. The number of amides is 1. The average Bonchev–Trinajstić information content (AvgIpc) is 2.47. The van der Waals surface area contributed by atoms with Crippen LogP contribution < -0.4 is 5.32 Å². The maximum atomic E-state index is 12.0. The normalized spacial score (nSPS) is 10.8. The number of rotatable bonds is 3. The van der Waals surface area contributed by atoms with Crippen molar-refractivity contribution in [3.8, 4) is 6.07 Å². The third-order valence-electron chi connectivity index (χ3n) is 2.57. The van der Waals surface area contributed by atoms with E-state index < -0.39 is 5.91 Å². The summed E-state index contributed by atoms with van der Waals surface area (Å²) in [6.45, 7) is 0. The number of carbonyl (C=O) groups is 1. The Kier molecular flexibility index (Phi) is 4.94. The number of pyridine rings is 1. The van der Waals surface area contributed by atoms with Gasteiger partial charge >= 0.3 is 0 Å². The first kappa shape index (κ1) is 15.0. The first-order valence-electron chi connectivity index (χ1n) is 5.88. The van der Waals surface area contributed by atoms with Crippen LogP contribution in [-0.2, 0) is 4.79 Å². The number of halogens is 2. The molecule has 6 heteroatoms. The summed E-state index contributed by atoms with van der Waals surface area (Å²) in [4.78, 5) is 15.9. The minimum atomic E-state index is -0.519. The van der Waals surface area contributed by atoms with Crippen LogP contribution in [0.2, 0.25) is 10.0 Å². The Balaban J connectivity index is 2.25. The molecule has 0 spiro atoms. The molecule has 4 nitrogen and oxygen atoms in total. The van der Waals surface area contributed by atoms with E-state index in [2.05, 4.69) is 10.3 Å². The van der Waals surface area contributed by atoms with Crippen molar-refractivity contribution < 1.29 is 4.79 Å². The minimum absolute atomic E-state index is 0.0592. The number of carbonyl (C=O) groups excluding carboxylic acids is 1. The highest BCUT2D eigenvalue weighted by molar-refractivity contribution is 6.35. The molecule has 0 aliphatic rings. The van der Waals surface area contributed by atoms with Gasteiger partial charge in [0.15, 0.2) is 0 Å². The number of benzene rings is 1. The van der Waals surface area contributed by atoms with Crippen molar-refractivity contribution in [2.75, 3.05) is 5.32 Å². The van der Waals surface area contributed by atoms with Gasteiger partial charge < -0.3 is 5.32 Å². The molecule has 0 saturated heterocycles. The first-order chi connectivity index (χ1) is 10.1. The molecule has 0 aliphatic carbocycles. The van der Waals surface area contributed by atoms with Crippen LogP contribution in [0.15, 0.2) is 48.3 Å². The maximum Gasteiger partial charge on any atom is 0.266 e. The molecule has 1 aromatic carbocycles. The van der Waals surface area contributed by atoms with Gasteiger partial charge in [-0.15, -0.1) is 0 Å². The van der Waals surface area contributed by atoms with Crippen LogP contribution in [0.5, 0.6) is 0 Å². The lowest BCUT2D eigenvalue weighted by molar-refractivity contribution is -0.112. The Morgan fingerprint density at radius 1 is 1.24 bits per heavy atom. The van der Waals surface area contributed by atoms with Gasteiger partial charge in [-0.3, -0.25) is 9.78 Å². The first-order valence-corrected chi connectivity index (χ1v) is 6.64. The van der Waals surface area contributed by atoms with Crippen LogP contribution in [0, 0.1) is 11.3 Å². The SMILES string of the molecule is N#C/C(=C\c1ccc(Cl)cc1Cl)C(=O)Nc1ccncc1. The fourth-order valence-electron chi connectivity index (χ4n) is 1.56. The highest BCUT2D eigenvalue weighted by Crippen LogP contribution is 2.23. The third-order valence-corrected chi connectivity index (χ3v) is 3.13. The molecule has 0 aliphatic heterocycles. The average molecular weight is 318 g/mol. The lowest BCUT2D eigenvalue weighted by Crippen LogP contribution is -2.13. The van der Waals surface area contributed by atoms with Crippen LogP contribution in [0.1, 0.15) is 5.56 Å². The lowest BCUT2D eigenvalue weighted by Gasteiger charge is -2.04. The maximum absolute atomic E-state index is 12.0. The van der Waals surface area contributed by atoms with Crippen molar-refractivity contribution in [1.29, 1.82) is 5.26 Å². The van der Waals surface area contributed by atoms with E-state index in [9.17, 15) is 4.79 Å². The molecule has 0 saturated carbocycles. The molecule has 1 heterocycles. The van der Waals surface area contributed by atoms with Crippen LogP contribution >= 0.6 is 23.2 Å². The summed E-state index contributed by atoms with van der Waals surface area (Å²) in [5, 5.41) is 12.6. The number of nitrogens with one attached hydrogen (secondary N) is 1. The van der Waals surface area contributed by atoms with Crippen molar-refractivity contribution in [3.05, 3.63) is 63.9 Å². The number of anilines is 1. The highest BCUT2D eigenvalue weighted by atomic mass is 35.5. The van der Waals surface area contributed by atoms with Gasteiger partial charge in [0, 0.05) is 28.1 Å². The Morgan fingerprint density at radius 2 is 1.95 bits per heavy atom. The summed E-state index contributed by atoms with van der Waals surface area (Å²) in [5.41, 5.74) is 1.04. The Morgan fingerprint density at radius 3 is 2.57 bits per heavy atom. The van der Waals surface area contributed by atoms with Gasteiger partial charge in [-0.2, -0.15) is 5.26 Å². The van der Waals surface area contributed by atoms with Gasteiger partial charge in [0.1, 0.15) is 11.6 Å².